The van der Waals surface area contributed by atoms with Crippen LogP contribution in [-0.4, -0.2) is 23.7 Å². The summed E-state index contributed by atoms with van der Waals surface area (Å²) < 4.78 is 4.99. The van der Waals surface area contributed by atoms with E-state index < -0.39 is 0 Å². The van der Waals surface area contributed by atoms with Gasteiger partial charge in [0.15, 0.2) is 0 Å². The van der Waals surface area contributed by atoms with Gasteiger partial charge in [-0.1, -0.05) is 0 Å². The van der Waals surface area contributed by atoms with E-state index >= 15 is 0 Å². The maximum atomic E-state index is 8.60. The Kier molecular flexibility index (Phi) is 3.91. The number of hydrogen-bond donors (Lipinski definition) is 0. The van der Waals surface area contributed by atoms with Gasteiger partial charge in [0, 0.05) is 30.0 Å². The van der Waals surface area contributed by atoms with E-state index in [0.717, 1.165) is 33.4 Å². The van der Waals surface area contributed by atoms with E-state index in [0.29, 0.717) is 13.0 Å². The number of hydrogen-bond acceptors (Lipinski definition) is 5. The monoisotopic (exact) mass is 245 g/mol. The second-order valence-corrected chi connectivity index (χ2v) is 4.30. The summed E-state index contributed by atoms with van der Waals surface area (Å²) in [6.07, 6.45) is 2.50. The molecule has 0 bridgehead atoms. The highest BCUT2D eigenvalue weighted by Crippen LogP contribution is 2.21. The molecule has 0 amide bonds. The minimum absolute atomic E-state index is 0.619. The summed E-state index contributed by atoms with van der Waals surface area (Å²) in [4.78, 5) is 9.60. The molecule has 1 aromatic heterocycles. The van der Waals surface area contributed by atoms with Crippen LogP contribution in [0.2, 0.25) is 0 Å². The molecule has 0 saturated carbocycles. The first-order chi connectivity index (χ1) is 8.33. The lowest BCUT2D eigenvalue weighted by Crippen LogP contribution is -2.00. The fourth-order valence-electron chi connectivity index (χ4n) is 1.48. The number of rotatable bonds is 4. The number of thiocyanates is 1. The van der Waals surface area contributed by atoms with Crippen LogP contribution < -0.4 is 0 Å². The van der Waals surface area contributed by atoms with E-state index in [-0.39, 0.29) is 0 Å². The summed E-state index contributed by atoms with van der Waals surface area (Å²) in [5.41, 5.74) is 0.897. The minimum Gasteiger partial charge on any atom is -0.384 e. The summed E-state index contributed by atoms with van der Waals surface area (Å²) in [7, 11) is 1.66. The molecule has 2 aromatic rings. The van der Waals surface area contributed by atoms with Crippen LogP contribution in [0, 0.1) is 10.7 Å². The molecule has 0 saturated heterocycles. The molecule has 0 aliphatic heterocycles. The van der Waals surface area contributed by atoms with Gasteiger partial charge >= 0.3 is 0 Å². The Labute approximate surface area is 104 Å². The number of fused-ring (bicyclic) bond motifs is 1. The lowest BCUT2D eigenvalue weighted by Gasteiger charge is -2.02. The number of nitrogens with zero attached hydrogens (tertiary/aromatic N) is 3. The summed E-state index contributed by atoms with van der Waals surface area (Å²) in [5, 5.41) is 11.6. The Morgan fingerprint density at radius 2 is 2.35 bits per heavy atom. The van der Waals surface area contributed by atoms with Crippen molar-refractivity contribution < 1.29 is 4.74 Å². The normalized spacial score (nSPS) is 10.4. The summed E-state index contributed by atoms with van der Waals surface area (Å²) in [5.74, 6) is 0.778. The van der Waals surface area contributed by atoms with Crippen molar-refractivity contribution in [1.82, 2.24) is 9.97 Å². The zero-order chi connectivity index (χ0) is 12.1. The van der Waals surface area contributed by atoms with E-state index in [1.807, 2.05) is 23.6 Å². The predicted molar refractivity (Wildman–Crippen MR) is 66.6 cm³/mol. The first-order valence-corrected chi connectivity index (χ1v) is 5.95. The second-order valence-electron chi connectivity index (χ2n) is 3.44. The Morgan fingerprint density at radius 1 is 1.47 bits per heavy atom. The van der Waals surface area contributed by atoms with E-state index in [1.165, 1.54) is 0 Å². The minimum atomic E-state index is 0.619. The van der Waals surface area contributed by atoms with Gasteiger partial charge in [0.1, 0.15) is 11.2 Å². The smallest absolute Gasteiger partial charge is 0.138 e. The van der Waals surface area contributed by atoms with Crippen LogP contribution in [0.25, 0.3) is 10.9 Å². The molecular weight excluding hydrogens is 234 g/mol. The molecule has 0 atom stereocenters. The molecule has 4 nitrogen and oxygen atoms in total. The van der Waals surface area contributed by atoms with Crippen molar-refractivity contribution >= 4 is 22.7 Å². The van der Waals surface area contributed by atoms with Crippen LogP contribution in [0.1, 0.15) is 5.82 Å². The maximum Gasteiger partial charge on any atom is 0.138 e. The van der Waals surface area contributed by atoms with Crippen LogP contribution >= 0.6 is 11.8 Å². The van der Waals surface area contributed by atoms with E-state index in [9.17, 15) is 0 Å². The van der Waals surface area contributed by atoms with E-state index in [4.69, 9.17) is 10.00 Å². The lowest BCUT2D eigenvalue weighted by atomic mass is 10.2. The zero-order valence-electron chi connectivity index (χ0n) is 9.38. The van der Waals surface area contributed by atoms with E-state index in [2.05, 4.69) is 9.97 Å². The van der Waals surface area contributed by atoms with Gasteiger partial charge in [0.2, 0.25) is 0 Å². The van der Waals surface area contributed by atoms with Gasteiger partial charge in [-0.3, -0.25) is 0 Å². The number of aromatic nitrogens is 2. The molecule has 5 heteroatoms. The summed E-state index contributed by atoms with van der Waals surface area (Å²) in [6.45, 7) is 0.619. The standard InChI is InChI=1S/C12H11N3OS/c1-16-5-4-12-14-7-9-6-10(17-8-13)2-3-11(9)15-12/h2-3,6-7H,4-5H2,1H3. The van der Waals surface area contributed by atoms with Crippen LogP contribution in [0.3, 0.4) is 0 Å². The Hall–Kier alpha value is -1.64. The number of methoxy groups -OCH3 is 1. The van der Waals surface area contributed by atoms with Crippen LogP contribution in [0.5, 0.6) is 0 Å². The maximum absolute atomic E-state index is 8.60. The Morgan fingerprint density at radius 3 is 3.12 bits per heavy atom. The third kappa shape index (κ3) is 2.93. The topological polar surface area (TPSA) is 58.8 Å². The molecule has 0 unspecified atom stereocenters. The van der Waals surface area contributed by atoms with Crippen molar-refractivity contribution in [3.05, 3.63) is 30.2 Å². The molecule has 2 rings (SSSR count). The van der Waals surface area contributed by atoms with Gasteiger partial charge in [0.25, 0.3) is 0 Å². The fraction of sp³-hybridized carbons (Fsp3) is 0.250. The van der Waals surface area contributed by atoms with Crippen molar-refractivity contribution in [2.45, 2.75) is 11.3 Å². The van der Waals surface area contributed by atoms with Crippen LogP contribution in [0.15, 0.2) is 29.3 Å². The second kappa shape index (κ2) is 5.62. The van der Waals surface area contributed by atoms with Crippen molar-refractivity contribution in [3.63, 3.8) is 0 Å². The molecule has 0 radical (unpaired) electrons. The number of ether oxygens (including phenoxy) is 1. The van der Waals surface area contributed by atoms with Gasteiger partial charge < -0.3 is 4.74 Å². The number of nitriles is 1. The van der Waals surface area contributed by atoms with Gasteiger partial charge in [-0.05, 0) is 30.0 Å². The average molecular weight is 245 g/mol. The van der Waals surface area contributed by atoms with Crippen LogP contribution in [0.4, 0.5) is 0 Å². The lowest BCUT2D eigenvalue weighted by molar-refractivity contribution is 0.200. The Bertz CT molecular complexity index is 565. The summed E-state index contributed by atoms with van der Waals surface area (Å²) in [6, 6.07) is 5.72. The fourth-order valence-corrected chi connectivity index (χ4v) is 1.91. The molecule has 0 spiro atoms. The summed E-state index contributed by atoms with van der Waals surface area (Å²) >= 11 is 1.14. The number of benzene rings is 1. The van der Waals surface area contributed by atoms with Crippen molar-refractivity contribution in [2.75, 3.05) is 13.7 Å². The Balaban J connectivity index is 2.30. The average Bonchev–Trinajstić information content (AvgIpc) is 2.36. The molecule has 0 fully saturated rings. The number of thioether (sulfide) groups is 1. The molecule has 1 aromatic carbocycles. The highest BCUT2D eigenvalue weighted by atomic mass is 32.2. The van der Waals surface area contributed by atoms with Crippen LogP contribution in [-0.2, 0) is 11.2 Å². The molecule has 0 aliphatic carbocycles. The van der Waals surface area contributed by atoms with Gasteiger partial charge in [0.05, 0.1) is 12.1 Å². The highest BCUT2D eigenvalue weighted by Gasteiger charge is 2.01. The van der Waals surface area contributed by atoms with Crippen molar-refractivity contribution in [1.29, 1.82) is 5.26 Å². The van der Waals surface area contributed by atoms with Gasteiger partial charge in [-0.25, -0.2) is 9.97 Å². The molecule has 17 heavy (non-hydrogen) atoms. The van der Waals surface area contributed by atoms with Crippen molar-refractivity contribution in [3.8, 4) is 5.40 Å². The molecule has 0 N–H and O–H groups in total. The molecular formula is C12H11N3OS. The first kappa shape index (κ1) is 11.8. The largest absolute Gasteiger partial charge is 0.384 e. The van der Waals surface area contributed by atoms with Gasteiger partial charge in [-0.15, -0.1) is 0 Å². The molecule has 0 aliphatic rings. The zero-order valence-corrected chi connectivity index (χ0v) is 10.2. The quantitative estimate of drug-likeness (QED) is 0.611. The third-order valence-corrected chi connectivity index (χ3v) is 2.88. The molecule has 86 valence electrons. The molecule has 1 heterocycles. The predicted octanol–water partition coefficient (Wildman–Crippen LogP) is 2.39. The van der Waals surface area contributed by atoms with Crippen molar-refractivity contribution in [2.24, 2.45) is 0 Å². The first-order valence-electron chi connectivity index (χ1n) is 5.14. The SMILES string of the molecule is COCCc1ncc2cc(SC#N)ccc2n1. The van der Waals surface area contributed by atoms with E-state index in [1.54, 1.807) is 13.3 Å². The van der Waals surface area contributed by atoms with Gasteiger partial charge in [-0.2, -0.15) is 5.26 Å². The third-order valence-electron chi connectivity index (χ3n) is 2.29. The highest BCUT2D eigenvalue weighted by molar-refractivity contribution is 8.03.